The highest BCUT2D eigenvalue weighted by Crippen LogP contribution is 2.09. The second kappa shape index (κ2) is 8.98. The first-order chi connectivity index (χ1) is 10.7. The molecule has 7 heteroatoms. The lowest BCUT2D eigenvalue weighted by Gasteiger charge is -2.25. The molecule has 0 heterocycles. The third kappa shape index (κ3) is 7.09. The van der Waals surface area contributed by atoms with Crippen LogP contribution in [0.3, 0.4) is 0 Å². The quantitative estimate of drug-likeness (QED) is 0.744. The van der Waals surface area contributed by atoms with Gasteiger partial charge in [-0.25, -0.2) is 12.8 Å². The summed E-state index contributed by atoms with van der Waals surface area (Å²) < 4.78 is 37.6. The fourth-order valence-electron chi connectivity index (χ4n) is 2.21. The molecule has 0 radical (unpaired) electrons. The zero-order chi connectivity index (χ0) is 17.5. The van der Waals surface area contributed by atoms with Crippen LogP contribution in [0.2, 0.25) is 0 Å². The number of carbonyl (C=O) groups excluding carboxylic acids is 1. The lowest BCUT2D eigenvalue weighted by molar-refractivity contribution is -0.121. The monoisotopic (exact) mass is 344 g/mol. The van der Waals surface area contributed by atoms with Crippen LogP contribution in [-0.4, -0.2) is 44.0 Å². The molecule has 0 aliphatic rings. The van der Waals surface area contributed by atoms with Gasteiger partial charge in [0.25, 0.3) is 0 Å². The van der Waals surface area contributed by atoms with Gasteiger partial charge in [0.05, 0.1) is 6.26 Å². The Morgan fingerprint density at radius 1 is 1.30 bits per heavy atom. The average Bonchev–Trinajstić information content (AvgIpc) is 2.47. The van der Waals surface area contributed by atoms with E-state index >= 15 is 0 Å². The normalized spacial score (nSPS) is 13.1. The van der Waals surface area contributed by atoms with E-state index in [9.17, 15) is 17.6 Å². The molecule has 0 aromatic heterocycles. The SMILES string of the molecule is CCC(C)N(CCC(=O)NCCc1ccc(F)cc1)S(C)(=O)=O. The van der Waals surface area contributed by atoms with Crippen LogP contribution in [-0.2, 0) is 21.2 Å². The van der Waals surface area contributed by atoms with E-state index in [0.29, 0.717) is 19.4 Å². The molecule has 5 nitrogen and oxygen atoms in total. The number of rotatable bonds is 9. The Kier molecular flexibility index (Phi) is 7.64. The minimum absolute atomic E-state index is 0.126. The topological polar surface area (TPSA) is 66.5 Å². The van der Waals surface area contributed by atoms with Crippen molar-refractivity contribution in [3.63, 3.8) is 0 Å². The minimum atomic E-state index is -3.32. The van der Waals surface area contributed by atoms with Crippen molar-refractivity contribution in [2.24, 2.45) is 0 Å². The molecule has 0 aliphatic heterocycles. The summed E-state index contributed by atoms with van der Waals surface area (Å²) in [5.74, 6) is -0.479. The van der Waals surface area contributed by atoms with Gasteiger partial charge in [0.15, 0.2) is 0 Å². The van der Waals surface area contributed by atoms with Crippen LogP contribution in [0.4, 0.5) is 4.39 Å². The van der Waals surface area contributed by atoms with Crippen molar-refractivity contribution < 1.29 is 17.6 Å². The zero-order valence-electron chi connectivity index (χ0n) is 13.9. The van der Waals surface area contributed by atoms with Gasteiger partial charge < -0.3 is 5.32 Å². The summed E-state index contributed by atoms with van der Waals surface area (Å²) in [6, 6.07) is 5.99. The summed E-state index contributed by atoms with van der Waals surface area (Å²) in [6.45, 7) is 4.35. The highest BCUT2D eigenvalue weighted by molar-refractivity contribution is 7.88. The number of hydrogen-bond acceptors (Lipinski definition) is 3. The lowest BCUT2D eigenvalue weighted by Crippen LogP contribution is -2.40. The molecule has 0 saturated carbocycles. The standard InChI is InChI=1S/C16H25FN2O3S/c1-4-13(2)19(23(3,21)22)12-10-16(20)18-11-9-14-5-7-15(17)8-6-14/h5-8,13H,4,9-12H2,1-3H3,(H,18,20). The first-order valence-corrected chi connectivity index (χ1v) is 9.56. The van der Waals surface area contributed by atoms with Gasteiger partial charge in [-0.3, -0.25) is 4.79 Å². The van der Waals surface area contributed by atoms with Crippen molar-refractivity contribution in [1.82, 2.24) is 9.62 Å². The number of carbonyl (C=O) groups is 1. The van der Waals surface area contributed by atoms with E-state index in [-0.39, 0.29) is 30.7 Å². The van der Waals surface area contributed by atoms with Crippen LogP contribution >= 0.6 is 0 Å². The van der Waals surface area contributed by atoms with Crippen LogP contribution < -0.4 is 5.32 Å². The van der Waals surface area contributed by atoms with Gasteiger partial charge in [-0.1, -0.05) is 19.1 Å². The molecule has 0 aliphatic carbocycles. The summed E-state index contributed by atoms with van der Waals surface area (Å²) >= 11 is 0. The van der Waals surface area contributed by atoms with Crippen LogP contribution in [0.15, 0.2) is 24.3 Å². The fraction of sp³-hybridized carbons (Fsp3) is 0.562. The number of benzene rings is 1. The van der Waals surface area contributed by atoms with Crippen LogP contribution in [0.1, 0.15) is 32.3 Å². The second-order valence-corrected chi connectivity index (χ2v) is 7.54. The third-order valence-corrected chi connectivity index (χ3v) is 5.11. The molecule has 1 aromatic rings. The number of halogens is 1. The Bertz CT molecular complexity index is 602. The summed E-state index contributed by atoms with van der Waals surface area (Å²) in [5, 5.41) is 2.76. The number of sulfonamides is 1. The Morgan fingerprint density at radius 2 is 1.91 bits per heavy atom. The molecule has 1 unspecified atom stereocenters. The van der Waals surface area contributed by atoms with Gasteiger partial charge in [0, 0.05) is 25.6 Å². The summed E-state index contributed by atoms with van der Waals surface area (Å²) in [5.41, 5.74) is 0.934. The number of nitrogens with zero attached hydrogens (tertiary/aromatic N) is 1. The van der Waals surface area contributed by atoms with Crippen molar-refractivity contribution >= 4 is 15.9 Å². The molecule has 130 valence electrons. The van der Waals surface area contributed by atoms with E-state index < -0.39 is 10.0 Å². The van der Waals surface area contributed by atoms with Crippen LogP contribution in [0, 0.1) is 5.82 Å². The molecule has 1 N–H and O–H groups in total. The first kappa shape index (κ1) is 19.6. The third-order valence-electron chi connectivity index (χ3n) is 3.72. The molecule has 0 spiro atoms. The Hall–Kier alpha value is -1.47. The summed E-state index contributed by atoms with van der Waals surface area (Å²) in [4.78, 5) is 11.8. The maximum absolute atomic E-state index is 12.8. The molecule has 1 aromatic carbocycles. The lowest BCUT2D eigenvalue weighted by atomic mass is 10.1. The van der Waals surface area contributed by atoms with Crippen molar-refractivity contribution in [3.05, 3.63) is 35.6 Å². The highest BCUT2D eigenvalue weighted by Gasteiger charge is 2.22. The van der Waals surface area contributed by atoms with E-state index in [1.807, 2.05) is 13.8 Å². The maximum atomic E-state index is 12.8. The number of hydrogen-bond donors (Lipinski definition) is 1. The van der Waals surface area contributed by atoms with Crippen LogP contribution in [0.25, 0.3) is 0 Å². The molecule has 0 bridgehead atoms. The Morgan fingerprint density at radius 3 is 2.43 bits per heavy atom. The molecule has 23 heavy (non-hydrogen) atoms. The largest absolute Gasteiger partial charge is 0.356 e. The Labute approximate surface area is 137 Å². The molecule has 1 atom stereocenters. The molecule has 1 rings (SSSR count). The zero-order valence-corrected chi connectivity index (χ0v) is 14.7. The molecular formula is C16H25FN2O3S. The predicted octanol–water partition coefficient (Wildman–Crippen LogP) is 1.93. The summed E-state index contributed by atoms with van der Waals surface area (Å²) in [7, 11) is -3.32. The molecular weight excluding hydrogens is 319 g/mol. The smallest absolute Gasteiger partial charge is 0.221 e. The summed E-state index contributed by atoms with van der Waals surface area (Å²) in [6.07, 6.45) is 2.58. The second-order valence-electron chi connectivity index (χ2n) is 5.61. The Balaban J connectivity index is 2.39. The van der Waals surface area contributed by atoms with E-state index in [4.69, 9.17) is 0 Å². The highest BCUT2D eigenvalue weighted by atomic mass is 32.2. The number of amides is 1. The fourth-order valence-corrected chi connectivity index (χ4v) is 3.44. The van der Waals surface area contributed by atoms with Crippen molar-refractivity contribution in [2.45, 2.75) is 39.2 Å². The van der Waals surface area contributed by atoms with Gasteiger partial charge >= 0.3 is 0 Å². The van der Waals surface area contributed by atoms with Crippen molar-refractivity contribution in [1.29, 1.82) is 0 Å². The minimum Gasteiger partial charge on any atom is -0.356 e. The van der Waals surface area contributed by atoms with E-state index in [1.54, 1.807) is 12.1 Å². The maximum Gasteiger partial charge on any atom is 0.221 e. The first-order valence-electron chi connectivity index (χ1n) is 7.72. The molecule has 1 amide bonds. The predicted molar refractivity (Wildman–Crippen MR) is 89.0 cm³/mol. The van der Waals surface area contributed by atoms with Crippen molar-refractivity contribution in [3.8, 4) is 0 Å². The van der Waals surface area contributed by atoms with E-state index in [1.165, 1.54) is 16.4 Å². The number of nitrogens with one attached hydrogen (secondary N) is 1. The van der Waals surface area contributed by atoms with E-state index in [2.05, 4.69) is 5.32 Å². The molecule has 0 fully saturated rings. The van der Waals surface area contributed by atoms with Gasteiger partial charge in [0.2, 0.25) is 15.9 Å². The van der Waals surface area contributed by atoms with Gasteiger partial charge in [-0.15, -0.1) is 0 Å². The van der Waals surface area contributed by atoms with Crippen LogP contribution in [0.5, 0.6) is 0 Å². The average molecular weight is 344 g/mol. The molecule has 0 saturated heterocycles. The van der Waals surface area contributed by atoms with Gasteiger partial charge in [-0.2, -0.15) is 4.31 Å². The van der Waals surface area contributed by atoms with E-state index in [0.717, 1.165) is 11.8 Å². The van der Waals surface area contributed by atoms with Crippen molar-refractivity contribution in [2.75, 3.05) is 19.3 Å². The van der Waals surface area contributed by atoms with Gasteiger partial charge in [0.1, 0.15) is 5.82 Å². The van der Waals surface area contributed by atoms with Gasteiger partial charge in [-0.05, 0) is 37.5 Å².